The van der Waals surface area contributed by atoms with Crippen molar-refractivity contribution in [2.45, 2.75) is 13.3 Å². The standard InChI is InChI=1S/C14H19NO3/c1-10-8-11(10)9-15-6-7-18-13-5-3-2-4-12(13)14(16)17/h2-5,10-11,15H,6-9H2,1H3,(H,16,17). The molecular formula is C14H19NO3. The molecule has 2 rings (SSSR count). The second-order valence-electron chi connectivity index (χ2n) is 4.83. The van der Waals surface area contributed by atoms with Gasteiger partial charge >= 0.3 is 5.97 Å². The monoisotopic (exact) mass is 249 g/mol. The highest BCUT2D eigenvalue weighted by Crippen LogP contribution is 2.36. The second-order valence-corrected chi connectivity index (χ2v) is 4.83. The molecule has 1 fully saturated rings. The number of aromatic carboxylic acids is 1. The van der Waals surface area contributed by atoms with Gasteiger partial charge in [0.2, 0.25) is 0 Å². The van der Waals surface area contributed by atoms with Crippen LogP contribution in [0.25, 0.3) is 0 Å². The van der Waals surface area contributed by atoms with E-state index >= 15 is 0 Å². The van der Waals surface area contributed by atoms with E-state index in [-0.39, 0.29) is 5.56 Å². The topological polar surface area (TPSA) is 58.6 Å². The van der Waals surface area contributed by atoms with Crippen molar-refractivity contribution in [1.29, 1.82) is 0 Å². The zero-order valence-electron chi connectivity index (χ0n) is 10.6. The molecule has 18 heavy (non-hydrogen) atoms. The highest BCUT2D eigenvalue weighted by Gasteiger charge is 2.31. The molecule has 1 aromatic carbocycles. The molecule has 0 bridgehead atoms. The molecule has 1 aliphatic rings. The van der Waals surface area contributed by atoms with Gasteiger partial charge in [0.05, 0.1) is 0 Å². The molecule has 0 amide bonds. The Labute approximate surface area is 107 Å². The van der Waals surface area contributed by atoms with E-state index in [4.69, 9.17) is 9.84 Å². The van der Waals surface area contributed by atoms with Crippen molar-refractivity contribution < 1.29 is 14.6 Å². The maximum atomic E-state index is 10.9. The Balaban J connectivity index is 1.71. The van der Waals surface area contributed by atoms with Gasteiger partial charge in [0.15, 0.2) is 0 Å². The van der Waals surface area contributed by atoms with Gasteiger partial charge in [-0.25, -0.2) is 4.79 Å². The predicted molar refractivity (Wildman–Crippen MR) is 69.0 cm³/mol. The van der Waals surface area contributed by atoms with Gasteiger partial charge in [-0.3, -0.25) is 0 Å². The lowest BCUT2D eigenvalue weighted by Crippen LogP contribution is -2.23. The smallest absolute Gasteiger partial charge is 0.339 e. The summed E-state index contributed by atoms with van der Waals surface area (Å²) in [5, 5.41) is 12.3. The van der Waals surface area contributed by atoms with Gasteiger partial charge in [0.1, 0.15) is 17.9 Å². The number of benzene rings is 1. The molecule has 0 spiro atoms. The summed E-state index contributed by atoms with van der Waals surface area (Å²) < 4.78 is 5.48. The molecule has 0 saturated heterocycles. The van der Waals surface area contributed by atoms with Gasteiger partial charge in [-0.2, -0.15) is 0 Å². The number of hydrogen-bond acceptors (Lipinski definition) is 3. The Kier molecular flexibility index (Phi) is 4.20. The molecule has 0 heterocycles. The van der Waals surface area contributed by atoms with Crippen LogP contribution in [0.5, 0.6) is 5.75 Å². The normalized spacial score (nSPS) is 21.6. The van der Waals surface area contributed by atoms with E-state index in [0.717, 1.165) is 24.9 Å². The van der Waals surface area contributed by atoms with Crippen LogP contribution in [0, 0.1) is 11.8 Å². The van der Waals surface area contributed by atoms with Gasteiger partial charge in [-0.05, 0) is 36.9 Å². The number of carboxylic acid groups (broad SMARTS) is 1. The fourth-order valence-corrected chi connectivity index (χ4v) is 1.97. The first-order valence-electron chi connectivity index (χ1n) is 6.34. The Bertz CT molecular complexity index is 419. The Morgan fingerprint density at radius 1 is 1.50 bits per heavy atom. The maximum Gasteiger partial charge on any atom is 0.339 e. The molecule has 1 saturated carbocycles. The molecule has 4 nitrogen and oxygen atoms in total. The van der Waals surface area contributed by atoms with Crippen LogP contribution in [0.2, 0.25) is 0 Å². The predicted octanol–water partition coefficient (Wildman–Crippen LogP) is 2.01. The molecule has 2 atom stereocenters. The van der Waals surface area contributed by atoms with Crippen molar-refractivity contribution >= 4 is 5.97 Å². The largest absolute Gasteiger partial charge is 0.491 e. The summed E-state index contributed by atoms with van der Waals surface area (Å²) in [6.45, 7) is 4.53. The van der Waals surface area contributed by atoms with Crippen molar-refractivity contribution in [2.75, 3.05) is 19.7 Å². The van der Waals surface area contributed by atoms with Crippen LogP contribution in [0.15, 0.2) is 24.3 Å². The highest BCUT2D eigenvalue weighted by molar-refractivity contribution is 5.90. The summed E-state index contributed by atoms with van der Waals surface area (Å²) in [5.41, 5.74) is 0.216. The average Bonchev–Trinajstić information content (AvgIpc) is 3.05. The average molecular weight is 249 g/mol. The summed E-state index contributed by atoms with van der Waals surface area (Å²) in [6, 6.07) is 6.72. The minimum atomic E-state index is -0.953. The van der Waals surface area contributed by atoms with Crippen LogP contribution in [-0.4, -0.2) is 30.8 Å². The Hall–Kier alpha value is -1.55. The van der Waals surface area contributed by atoms with E-state index < -0.39 is 5.97 Å². The Morgan fingerprint density at radius 2 is 2.22 bits per heavy atom. The first-order valence-corrected chi connectivity index (χ1v) is 6.34. The first-order chi connectivity index (χ1) is 8.68. The maximum absolute atomic E-state index is 10.9. The van der Waals surface area contributed by atoms with E-state index in [2.05, 4.69) is 12.2 Å². The molecule has 1 aliphatic carbocycles. The number of carboxylic acids is 1. The molecule has 0 aromatic heterocycles. The van der Waals surface area contributed by atoms with Gasteiger partial charge in [0, 0.05) is 6.54 Å². The lowest BCUT2D eigenvalue weighted by Gasteiger charge is -2.09. The number of para-hydroxylation sites is 1. The van der Waals surface area contributed by atoms with Gasteiger partial charge in [-0.15, -0.1) is 0 Å². The summed E-state index contributed by atoms with van der Waals surface area (Å²) >= 11 is 0. The quantitative estimate of drug-likeness (QED) is 0.726. The molecular weight excluding hydrogens is 230 g/mol. The van der Waals surface area contributed by atoms with Crippen LogP contribution in [0.3, 0.4) is 0 Å². The molecule has 4 heteroatoms. The molecule has 1 aromatic rings. The van der Waals surface area contributed by atoms with E-state index in [0.29, 0.717) is 12.4 Å². The van der Waals surface area contributed by atoms with Crippen LogP contribution < -0.4 is 10.1 Å². The zero-order valence-corrected chi connectivity index (χ0v) is 10.6. The lowest BCUT2D eigenvalue weighted by atomic mass is 10.2. The van der Waals surface area contributed by atoms with E-state index in [1.54, 1.807) is 24.3 Å². The number of carbonyl (C=O) groups is 1. The van der Waals surface area contributed by atoms with Gasteiger partial charge in [-0.1, -0.05) is 19.1 Å². The number of nitrogens with one attached hydrogen (secondary N) is 1. The van der Waals surface area contributed by atoms with Crippen molar-refractivity contribution in [3.63, 3.8) is 0 Å². The van der Waals surface area contributed by atoms with Crippen LogP contribution >= 0.6 is 0 Å². The molecule has 0 radical (unpaired) electrons. The summed E-state index contributed by atoms with van der Waals surface area (Å²) in [7, 11) is 0. The third kappa shape index (κ3) is 3.47. The van der Waals surface area contributed by atoms with Crippen molar-refractivity contribution in [1.82, 2.24) is 5.32 Å². The molecule has 0 aliphatic heterocycles. The zero-order chi connectivity index (χ0) is 13.0. The lowest BCUT2D eigenvalue weighted by molar-refractivity contribution is 0.0692. The number of ether oxygens (including phenoxy) is 1. The van der Waals surface area contributed by atoms with Gasteiger partial charge < -0.3 is 15.2 Å². The third-order valence-corrected chi connectivity index (χ3v) is 3.34. The summed E-state index contributed by atoms with van der Waals surface area (Å²) in [4.78, 5) is 10.9. The molecule has 2 unspecified atom stereocenters. The molecule has 2 N–H and O–H groups in total. The number of hydrogen-bond donors (Lipinski definition) is 2. The third-order valence-electron chi connectivity index (χ3n) is 3.34. The second kappa shape index (κ2) is 5.87. The SMILES string of the molecule is CC1CC1CNCCOc1ccccc1C(=O)O. The minimum absolute atomic E-state index is 0.216. The molecule has 98 valence electrons. The Morgan fingerprint density at radius 3 is 2.89 bits per heavy atom. The van der Waals surface area contributed by atoms with E-state index in [1.807, 2.05) is 0 Å². The van der Waals surface area contributed by atoms with Crippen LogP contribution in [-0.2, 0) is 0 Å². The van der Waals surface area contributed by atoms with E-state index in [1.165, 1.54) is 6.42 Å². The van der Waals surface area contributed by atoms with Crippen LogP contribution in [0.1, 0.15) is 23.7 Å². The van der Waals surface area contributed by atoms with Crippen LogP contribution in [0.4, 0.5) is 0 Å². The number of rotatable bonds is 7. The van der Waals surface area contributed by atoms with Crippen molar-refractivity contribution in [3.05, 3.63) is 29.8 Å². The fourth-order valence-electron chi connectivity index (χ4n) is 1.97. The summed E-state index contributed by atoms with van der Waals surface area (Å²) in [6.07, 6.45) is 1.32. The summed E-state index contributed by atoms with van der Waals surface area (Å²) in [5.74, 6) is 1.15. The van der Waals surface area contributed by atoms with Crippen molar-refractivity contribution in [2.24, 2.45) is 11.8 Å². The first kappa shape index (κ1) is 12.9. The van der Waals surface area contributed by atoms with Gasteiger partial charge in [0.25, 0.3) is 0 Å². The van der Waals surface area contributed by atoms with E-state index in [9.17, 15) is 4.79 Å². The fraction of sp³-hybridized carbons (Fsp3) is 0.500. The minimum Gasteiger partial charge on any atom is -0.491 e. The van der Waals surface area contributed by atoms with Crippen molar-refractivity contribution in [3.8, 4) is 5.75 Å². The highest BCUT2D eigenvalue weighted by atomic mass is 16.5.